The normalized spacial score (nSPS) is 16.1. The van der Waals surface area contributed by atoms with E-state index in [2.05, 4.69) is 26.7 Å². The van der Waals surface area contributed by atoms with Crippen molar-refractivity contribution in [2.24, 2.45) is 5.41 Å². The summed E-state index contributed by atoms with van der Waals surface area (Å²) in [4.78, 5) is 23.3. The van der Waals surface area contributed by atoms with Crippen LogP contribution in [-0.2, 0) is 4.79 Å². The maximum Gasteiger partial charge on any atom is 0.249 e. The molecular formula is C27H28ClFN4O3. The number of likely N-dealkylation sites (tertiary alicyclic amines) is 1. The van der Waals surface area contributed by atoms with Crippen molar-refractivity contribution in [1.29, 1.82) is 0 Å². The second kappa shape index (κ2) is 11.7. The van der Waals surface area contributed by atoms with Gasteiger partial charge in [0.2, 0.25) is 5.91 Å². The van der Waals surface area contributed by atoms with Gasteiger partial charge in [-0.15, -0.1) is 0 Å². The number of alkyl halides is 1. The number of aromatic nitrogens is 2. The number of pyridine rings is 2. The monoisotopic (exact) mass is 510 g/mol. The van der Waals surface area contributed by atoms with Crippen molar-refractivity contribution >= 4 is 28.4 Å². The first-order chi connectivity index (χ1) is 17.5. The van der Waals surface area contributed by atoms with Crippen molar-refractivity contribution in [3.05, 3.63) is 65.1 Å². The first-order valence-corrected chi connectivity index (χ1v) is 12.2. The molecular weight excluding hydrogens is 483 g/mol. The van der Waals surface area contributed by atoms with Crippen LogP contribution in [0.5, 0.6) is 5.75 Å². The summed E-state index contributed by atoms with van der Waals surface area (Å²) in [6.07, 6.45) is 3.02. The molecule has 3 heterocycles. The topological polar surface area (TPSA) is 87.6 Å². The molecule has 1 unspecified atom stereocenters. The number of hydroxylamine groups is 1. The van der Waals surface area contributed by atoms with E-state index in [1.807, 2.05) is 18.2 Å². The number of fused-ring (bicyclic) bond motifs is 1. The zero-order valence-electron chi connectivity index (χ0n) is 20.0. The number of amides is 1. The molecule has 1 aliphatic heterocycles. The zero-order valence-corrected chi connectivity index (χ0v) is 20.8. The van der Waals surface area contributed by atoms with Crippen LogP contribution >= 0.6 is 11.6 Å². The van der Waals surface area contributed by atoms with Gasteiger partial charge >= 0.3 is 0 Å². The predicted octanol–water partition coefficient (Wildman–Crippen LogP) is 4.72. The highest BCUT2D eigenvalue weighted by Crippen LogP contribution is 2.42. The minimum absolute atomic E-state index is 0.0724. The van der Waals surface area contributed by atoms with E-state index in [0.29, 0.717) is 60.4 Å². The summed E-state index contributed by atoms with van der Waals surface area (Å²) in [6, 6.07) is 10.8. The van der Waals surface area contributed by atoms with Crippen LogP contribution < -0.4 is 10.2 Å². The number of hydrogen-bond donors (Lipinski definition) is 2. The van der Waals surface area contributed by atoms with Gasteiger partial charge in [0.05, 0.1) is 29.6 Å². The average Bonchev–Trinajstić information content (AvgIpc) is 2.92. The fraction of sp³-hybridized carbons (Fsp3) is 0.370. The molecule has 2 N–H and O–H groups in total. The second-order valence-electron chi connectivity index (χ2n) is 8.92. The van der Waals surface area contributed by atoms with E-state index in [4.69, 9.17) is 16.3 Å². The third-order valence-electron chi connectivity index (χ3n) is 6.84. The van der Waals surface area contributed by atoms with Crippen molar-refractivity contribution < 1.29 is 19.1 Å². The average molecular weight is 511 g/mol. The van der Waals surface area contributed by atoms with Crippen LogP contribution in [0.4, 0.5) is 4.39 Å². The van der Waals surface area contributed by atoms with Crippen molar-refractivity contribution in [3.63, 3.8) is 0 Å². The number of nitrogens with zero attached hydrogens (tertiary/aromatic N) is 3. The molecule has 7 nitrogen and oxygen atoms in total. The van der Waals surface area contributed by atoms with E-state index in [1.165, 1.54) is 6.20 Å². The molecule has 0 radical (unpaired) electrons. The van der Waals surface area contributed by atoms with Crippen LogP contribution in [0.1, 0.15) is 43.1 Å². The molecule has 36 heavy (non-hydrogen) atoms. The van der Waals surface area contributed by atoms with Crippen molar-refractivity contribution in [3.8, 4) is 17.6 Å². The number of rotatable bonds is 7. The van der Waals surface area contributed by atoms with E-state index < -0.39 is 17.5 Å². The Balaban J connectivity index is 1.45. The minimum Gasteiger partial charge on any atom is -0.497 e. The quantitative estimate of drug-likeness (QED) is 0.272. The van der Waals surface area contributed by atoms with Gasteiger partial charge in [0.1, 0.15) is 17.6 Å². The number of methoxy groups -OCH3 is 1. The molecule has 4 rings (SSSR count). The third-order valence-corrected chi connectivity index (χ3v) is 7.14. The largest absolute Gasteiger partial charge is 0.497 e. The first-order valence-electron chi connectivity index (χ1n) is 11.8. The summed E-state index contributed by atoms with van der Waals surface area (Å²) < 4.78 is 21.0. The molecule has 1 aliphatic rings. The second-order valence-corrected chi connectivity index (χ2v) is 9.33. The Morgan fingerprint density at radius 1 is 1.31 bits per heavy atom. The lowest BCUT2D eigenvalue weighted by molar-refractivity contribution is -0.143. The molecule has 1 atom stereocenters. The highest BCUT2D eigenvalue weighted by Gasteiger charge is 2.41. The predicted molar refractivity (Wildman–Crippen MR) is 136 cm³/mol. The standard InChI is InChI=1S/C27H28ClFN4O3/c1-36-20-7-8-24-21(17-20)25(22(28)18-31-24)23(29)9-10-27(26(34)32-35)11-15-33(16-12-27)14-4-6-19-5-2-3-13-30-19/h2-3,5,7-8,13,17-18,23,35H,9-12,14-16H2,1H3,(H,32,34). The van der Waals surface area contributed by atoms with Crippen LogP contribution in [0.2, 0.25) is 5.02 Å². The summed E-state index contributed by atoms with van der Waals surface area (Å²) in [5.41, 5.74) is 2.58. The summed E-state index contributed by atoms with van der Waals surface area (Å²) in [5.74, 6) is 6.25. The molecule has 1 saturated heterocycles. The van der Waals surface area contributed by atoms with Gasteiger partial charge in [0, 0.05) is 36.4 Å². The number of carbonyl (C=O) groups excluding carboxylic acids is 1. The Labute approximate surface area is 214 Å². The van der Waals surface area contributed by atoms with E-state index in [-0.39, 0.29) is 17.9 Å². The first kappa shape index (κ1) is 25.8. The van der Waals surface area contributed by atoms with Gasteiger partial charge in [-0.3, -0.25) is 19.9 Å². The molecule has 1 fully saturated rings. The minimum atomic E-state index is -1.42. The van der Waals surface area contributed by atoms with Crippen LogP contribution in [0.15, 0.2) is 48.8 Å². The Kier molecular flexibility index (Phi) is 8.36. The Hall–Kier alpha value is -3.25. The van der Waals surface area contributed by atoms with Gasteiger partial charge in [0.15, 0.2) is 0 Å². The molecule has 0 bridgehead atoms. The lowest BCUT2D eigenvalue weighted by Gasteiger charge is -2.40. The number of ether oxygens (including phenoxy) is 1. The highest BCUT2D eigenvalue weighted by atomic mass is 35.5. The number of hydrogen-bond acceptors (Lipinski definition) is 6. The van der Waals surface area contributed by atoms with Crippen LogP contribution in [-0.4, -0.2) is 52.7 Å². The Morgan fingerprint density at radius 2 is 2.11 bits per heavy atom. The molecule has 0 aliphatic carbocycles. The lowest BCUT2D eigenvalue weighted by atomic mass is 9.73. The third kappa shape index (κ3) is 5.76. The van der Waals surface area contributed by atoms with E-state index >= 15 is 4.39 Å². The van der Waals surface area contributed by atoms with Crippen molar-refractivity contribution in [1.82, 2.24) is 20.3 Å². The maximum atomic E-state index is 15.7. The van der Waals surface area contributed by atoms with Crippen LogP contribution in [0.3, 0.4) is 0 Å². The lowest BCUT2D eigenvalue weighted by Crippen LogP contribution is -2.48. The van der Waals surface area contributed by atoms with Gasteiger partial charge in [0.25, 0.3) is 0 Å². The number of piperidine rings is 1. The molecule has 0 spiro atoms. The van der Waals surface area contributed by atoms with Crippen LogP contribution in [0, 0.1) is 17.3 Å². The number of nitrogens with one attached hydrogen (secondary N) is 1. The molecule has 1 amide bonds. The Morgan fingerprint density at radius 3 is 2.81 bits per heavy atom. The zero-order chi connectivity index (χ0) is 25.5. The molecule has 2 aromatic heterocycles. The summed E-state index contributed by atoms with van der Waals surface area (Å²) in [5, 5.41) is 10.2. The molecule has 9 heteroatoms. The Bertz CT molecular complexity index is 1270. The molecule has 3 aromatic rings. The highest BCUT2D eigenvalue weighted by molar-refractivity contribution is 6.32. The van der Waals surface area contributed by atoms with E-state index in [1.54, 1.807) is 37.0 Å². The fourth-order valence-electron chi connectivity index (χ4n) is 4.69. The van der Waals surface area contributed by atoms with Gasteiger partial charge in [-0.2, -0.15) is 0 Å². The van der Waals surface area contributed by atoms with E-state index in [0.717, 1.165) is 0 Å². The van der Waals surface area contributed by atoms with Crippen LogP contribution in [0.25, 0.3) is 10.9 Å². The van der Waals surface area contributed by atoms with Gasteiger partial charge < -0.3 is 4.74 Å². The van der Waals surface area contributed by atoms with Gasteiger partial charge in [-0.05, 0) is 61.9 Å². The molecule has 1 aromatic carbocycles. The van der Waals surface area contributed by atoms with Crippen molar-refractivity contribution in [2.75, 3.05) is 26.7 Å². The van der Waals surface area contributed by atoms with E-state index in [9.17, 15) is 10.0 Å². The molecule has 0 saturated carbocycles. The number of benzene rings is 1. The SMILES string of the molecule is COc1ccc2ncc(Cl)c(C(F)CCC3(C(=O)NO)CCN(CC#Cc4ccccn4)CC3)c2c1. The smallest absolute Gasteiger partial charge is 0.249 e. The summed E-state index contributed by atoms with van der Waals surface area (Å²) >= 11 is 6.36. The number of halogens is 2. The summed E-state index contributed by atoms with van der Waals surface area (Å²) in [7, 11) is 1.54. The number of carbonyl (C=O) groups is 1. The summed E-state index contributed by atoms with van der Waals surface area (Å²) in [6.45, 7) is 1.76. The van der Waals surface area contributed by atoms with Crippen molar-refractivity contribution in [2.45, 2.75) is 31.9 Å². The molecule has 188 valence electrons. The van der Waals surface area contributed by atoms with Gasteiger partial charge in [-0.1, -0.05) is 23.6 Å². The van der Waals surface area contributed by atoms with Gasteiger partial charge in [-0.25, -0.2) is 14.9 Å². The fourth-order valence-corrected chi connectivity index (χ4v) is 4.96. The maximum absolute atomic E-state index is 15.7.